The Balaban J connectivity index is 1.48. The van der Waals surface area contributed by atoms with Gasteiger partial charge >= 0.3 is 0 Å². The van der Waals surface area contributed by atoms with Gasteiger partial charge < -0.3 is 14.4 Å². The predicted octanol–water partition coefficient (Wildman–Crippen LogP) is 3.62. The van der Waals surface area contributed by atoms with Crippen molar-refractivity contribution in [1.29, 1.82) is 0 Å². The zero-order chi connectivity index (χ0) is 17.1. The number of rotatable bonds is 5. The van der Waals surface area contributed by atoms with E-state index in [1.165, 1.54) is 18.4 Å². The molecule has 5 heteroatoms. The van der Waals surface area contributed by atoms with Gasteiger partial charge in [-0.15, -0.1) is 0 Å². The van der Waals surface area contributed by atoms with Gasteiger partial charge in [0, 0.05) is 30.4 Å². The van der Waals surface area contributed by atoms with Crippen molar-refractivity contribution in [3.63, 3.8) is 0 Å². The highest BCUT2D eigenvalue weighted by Crippen LogP contribution is 2.28. The molecule has 2 aromatic heterocycles. The van der Waals surface area contributed by atoms with Gasteiger partial charge in [-0.3, -0.25) is 0 Å². The lowest BCUT2D eigenvalue weighted by Crippen LogP contribution is -2.26. The van der Waals surface area contributed by atoms with Gasteiger partial charge in [-0.1, -0.05) is 36.3 Å². The molecule has 0 saturated carbocycles. The third kappa shape index (κ3) is 3.51. The van der Waals surface area contributed by atoms with Gasteiger partial charge in [0.15, 0.2) is 5.76 Å². The molecule has 0 radical (unpaired) electrons. The molecule has 3 aromatic rings. The first-order valence-corrected chi connectivity index (χ1v) is 9.10. The van der Waals surface area contributed by atoms with Crippen molar-refractivity contribution in [2.75, 3.05) is 13.1 Å². The van der Waals surface area contributed by atoms with Gasteiger partial charge in [0.1, 0.15) is 11.5 Å². The van der Waals surface area contributed by atoms with Crippen molar-refractivity contribution >= 4 is 0 Å². The molecule has 1 aliphatic rings. The smallest absolute Gasteiger partial charge is 0.167 e. The minimum absolute atomic E-state index is 0.675. The molecule has 130 valence electrons. The van der Waals surface area contributed by atoms with Gasteiger partial charge in [-0.2, -0.15) is 0 Å². The number of hydrogen-bond donors (Lipinski definition) is 1. The number of aryl methyl sites for hydroxylation is 1. The molecule has 0 amide bonds. The molecule has 1 N–H and O–H groups in total. The number of nitrogens with one attached hydrogen (secondary N) is 1. The lowest BCUT2D eigenvalue weighted by Gasteiger charge is -2.22. The van der Waals surface area contributed by atoms with Crippen molar-refractivity contribution in [3.05, 3.63) is 59.8 Å². The van der Waals surface area contributed by atoms with Crippen LogP contribution in [0.1, 0.15) is 42.8 Å². The lowest BCUT2D eigenvalue weighted by atomic mass is 9.90. The van der Waals surface area contributed by atoms with Crippen LogP contribution in [-0.4, -0.2) is 27.8 Å². The fourth-order valence-electron chi connectivity index (χ4n) is 3.57. The van der Waals surface area contributed by atoms with E-state index in [4.69, 9.17) is 4.52 Å². The summed E-state index contributed by atoms with van der Waals surface area (Å²) in [5.74, 6) is 2.56. The normalized spacial score (nSPS) is 15.6. The molecule has 0 aliphatic carbocycles. The van der Waals surface area contributed by atoms with Gasteiger partial charge in [0.05, 0.1) is 6.54 Å². The van der Waals surface area contributed by atoms with Crippen LogP contribution >= 0.6 is 0 Å². The number of aromatic nitrogens is 3. The number of nitrogens with zero attached hydrogens (tertiary/aromatic N) is 3. The molecule has 3 heterocycles. The van der Waals surface area contributed by atoms with Crippen LogP contribution in [0.2, 0.25) is 0 Å². The first kappa shape index (κ1) is 16.1. The van der Waals surface area contributed by atoms with Crippen LogP contribution in [0, 0.1) is 0 Å². The monoisotopic (exact) mass is 336 g/mol. The summed E-state index contributed by atoms with van der Waals surface area (Å²) in [4.78, 5) is 4.35. The van der Waals surface area contributed by atoms with Gasteiger partial charge in [-0.25, -0.2) is 4.98 Å². The summed E-state index contributed by atoms with van der Waals surface area (Å²) in [6.45, 7) is 5.04. The van der Waals surface area contributed by atoms with E-state index < -0.39 is 0 Å². The fourth-order valence-corrected chi connectivity index (χ4v) is 3.57. The van der Waals surface area contributed by atoms with Gasteiger partial charge in [0.25, 0.3) is 0 Å². The molecular formula is C20H24N4O. The number of piperidine rings is 1. The Morgan fingerprint density at radius 2 is 2.00 bits per heavy atom. The summed E-state index contributed by atoms with van der Waals surface area (Å²) in [5.41, 5.74) is 3.43. The van der Waals surface area contributed by atoms with Crippen LogP contribution < -0.4 is 5.32 Å². The molecule has 1 fully saturated rings. The first-order chi connectivity index (χ1) is 12.3. The second kappa shape index (κ2) is 7.23. The number of hydrogen-bond acceptors (Lipinski definition) is 4. The second-order valence-corrected chi connectivity index (χ2v) is 6.65. The van der Waals surface area contributed by atoms with E-state index in [1.807, 2.05) is 18.5 Å². The SMILES string of the molecule is CCc1nccn1Cc1cc(-c2ccc(C3CCNCC3)cc2)on1. The van der Waals surface area contributed by atoms with Crippen LogP contribution in [0.15, 0.2) is 47.2 Å². The molecule has 1 aliphatic heterocycles. The maximum atomic E-state index is 5.56. The maximum Gasteiger partial charge on any atom is 0.167 e. The Hall–Kier alpha value is -2.40. The van der Waals surface area contributed by atoms with Crippen molar-refractivity contribution in [1.82, 2.24) is 20.0 Å². The minimum atomic E-state index is 0.675. The van der Waals surface area contributed by atoms with Gasteiger partial charge in [-0.05, 0) is 37.4 Å². The summed E-state index contributed by atoms with van der Waals surface area (Å²) in [6.07, 6.45) is 7.17. The van der Waals surface area contributed by atoms with Crippen LogP contribution in [0.5, 0.6) is 0 Å². The van der Waals surface area contributed by atoms with Gasteiger partial charge in [0.2, 0.25) is 0 Å². The average molecular weight is 336 g/mol. The third-order valence-electron chi connectivity index (χ3n) is 5.01. The van der Waals surface area contributed by atoms with E-state index >= 15 is 0 Å². The third-order valence-corrected chi connectivity index (χ3v) is 5.01. The van der Waals surface area contributed by atoms with E-state index in [1.54, 1.807) is 0 Å². The van der Waals surface area contributed by atoms with E-state index in [0.717, 1.165) is 42.4 Å². The van der Waals surface area contributed by atoms with Crippen molar-refractivity contribution in [2.24, 2.45) is 0 Å². The molecule has 0 atom stereocenters. The van der Waals surface area contributed by atoms with Crippen LogP contribution in [-0.2, 0) is 13.0 Å². The van der Waals surface area contributed by atoms with E-state index in [0.29, 0.717) is 12.5 Å². The molecule has 1 saturated heterocycles. The van der Waals surface area contributed by atoms with E-state index in [2.05, 4.69) is 51.2 Å². The molecule has 4 rings (SSSR count). The molecular weight excluding hydrogens is 312 g/mol. The van der Waals surface area contributed by atoms with Crippen LogP contribution in [0.25, 0.3) is 11.3 Å². The van der Waals surface area contributed by atoms with Crippen LogP contribution in [0.4, 0.5) is 0 Å². The molecule has 0 unspecified atom stereocenters. The molecule has 1 aromatic carbocycles. The highest BCUT2D eigenvalue weighted by molar-refractivity contribution is 5.58. The summed E-state index contributed by atoms with van der Waals surface area (Å²) < 4.78 is 7.68. The Bertz CT molecular complexity index is 812. The maximum absolute atomic E-state index is 5.56. The second-order valence-electron chi connectivity index (χ2n) is 6.65. The first-order valence-electron chi connectivity index (χ1n) is 9.10. The Morgan fingerprint density at radius 3 is 2.76 bits per heavy atom. The lowest BCUT2D eigenvalue weighted by molar-refractivity contribution is 0.420. The molecule has 5 nitrogen and oxygen atoms in total. The van der Waals surface area contributed by atoms with E-state index in [-0.39, 0.29) is 0 Å². The number of imidazole rings is 1. The molecule has 0 bridgehead atoms. The highest BCUT2D eigenvalue weighted by atomic mass is 16.5. The highest BCUT2D eigenvalue weighted by Gasteiger charge is 2.15. The summed E-state index contributed by atoms with van der Waals surface area (Å²) in [6, 6.07) is 10.8. The topological polar surface area (TPSA) is 55.9 Å². The zero-order valence-electron chi connectivity index (χ0n) is 14.6. The Kier molecular flexibility index (Phi) is 4.65. The fraction of sp³-hybridized carbons (Fsp3) is 0.400. The van der Waals surface area contributed by atoms with Crippen molar-refractivity contribution in [3.8, 4) is 11.3 Å². The Morgan fingerprint density at radius 1 is 1.20 bits per heavy atom. The number of benzene rings is 1. The van der Waals surface area contributed by atoms with Crippen LogP contribution in [0.3, 0.4) is 0 Å². The minimum Gasteiger partial charge on any atom is -0.356 e. The average Bonchev–Trinajstić information content (AvgIpc) is 3.32. The van der Waals surface area contributed by atoms with E-state index in [9.17, 15) is 0 Å². The Labute approximate surface area is 148 Å². The largest absolute Gasteiger partial charge is 0.356 e. The van der Waals surface area contributed by atoms with Crippen molar-refractivity contribution in [2.45, 2.75) is 38.6 Å². The quantitative estimate of drug-likeness (QED) is 0.773. The summed E-state index contributed by atoms with van der Waals surface area (Å²) in [5, 5.41) is 7.64. The molecule has 0 spiro atoms. The van der Waals surface area contributed by atoms with Crippen molar-refractivity contribution < 1.29 is 4.52 Å². The summed E-state index contributed by atoms with van der Waals surface area (Å²) in [7, 11) is 0. The molecule has 25 heavy (non-hydrogen) atoms. The summed E-state index contributed by atoms with van der Waals surface area (Å²) >= 11 is 0. The zero-order valence-corrected chi connectivity index (χ0v) is 14.6. The predicted molar refractivity (Wildman–Crippen MR) is 97.5 cm³/mol. The standard InChI is InChI=1S/C20H24N4O/c1-2-20-22-11-12-24(20)14-18-13-19(25-23-18)17-5-3-15(4-6-17)16-7-9-21-10-8-16/h3-6,11-13,16,21H,2,7-10,14H2,1H3.